The highest BCUT2D eigenvalue weighted by Gasteiger charge is 2.59. The molecule has 4 aliphatic rings. The van der Waals surface area contributed by atoms with Gasteiger partial charge in [-0.2, -0.15) is 8.42 Å². The van der Waals surface area contributed by atoms with Crippen LogP contribution in [0.25, 0.3) is 10.9 Å². The number of likely N-dealkylation sites (N-methyl/N-ethyl adjacent to an activating group) is 1. The predicted molar refractivity (Wildman–Crippen MR) is 268 cm³/mol. The Morgan fingerprint density at radius 2 is 1.70 bits per heavy atom. The van der Waals surface area contributed by atoms with Crippen LogP contribution in [-0.2, 0) is 65.7 Å². The molecule has 0 saturated carbocycles. The van der Waals surface area contributed by atoms with E-state index in [4.69, 9.17) is 37.3 Å². The average molecular weight is 1070 g/mol. The summed E-state index contributed by atoms with van der Waals surface area (Å²) >= 11 is 0. The number of carbonyl (C=O) groups is 3. The number of carboxylic acids is 1. The summed E-state index contributed by atoms with van der Waals surface area (Å²) in [6.07, 6.45) is -8.42. The molecule has 22 nitrogen and oxygen atoms in total. The molecule has 6 rings (SSSR count). The Morgan fingerprint density at radius 3 is 2.34 bits per heavy atom. The number of aryl methyl sites for hydroxylation is 2. The summed E-state index contributed by atoms with van der Waals surface area (Å²) < 4.78 is 77.7. The van der Waals surface area contributed by atoms with Crippen molar-refractivity contribution in [3.63, 3.8) is 0 Å². The number of aliphatic hydroxyl groups is 2. The average Bonchev–Trinajstić information content (AvgIpc) is 3.62. The van der Waals surface area contributed by atoms with E-state index in [0.29, 0.717) is 36.7 Å². The number of hydrogen-bond donors (Lipinski definition) is 5. The number of ether oxygens (including phenoxy) is 7. The van der Waals surface area contributed by atoms with E-state index in [-0.39, 0.29) is 55.0 Å². The molecule has 1 aromatic heterocycles. The maximum Gasteiger partial charge on any atom is 0.509 e. The minimum absolute atomic E-state index is 0.0477. The Labute approximate surface area is 433 Å². The molecule has 4 saturated heterocycles. The molecule has 1 unspecified atom stereocenters. The Morgan fingerprint density at radius 1 is 1.00 bits per heavy atom. The molecule has 0 spiro atoms. The topological polar surface area (TPSA) is 290 Å². The summed E-state index contributed by atoms with van der Waals surface area (Å²) in [6.45, 7) is 15.6. The third kappa shape index (κ3) is 13.1. The zero-order valence-corrected chi connectivity index (χ0v) is 45.4. The first kappa shape index (κ1) is 59.0. The maximum absolute atomic E-state index is 14.5. The van der Waals surface area contributed by atoms with Crippen molar-refractivity contribution in [2.24, 2.45) is 35.9 Å². The number of aromatic nitrogens is 1. The molecule has 4 fully saturated rings. The zero-order chi connectivity index (χ0) is 54.8. The van der Waals surface area contributed by atoms with E-state index >= 15 is 0 Å². The van der Waals surface area contributed by atoms with E-state index in [2.05, 4.69) is 10.5 Å². The maximum atomic E-state index is 14.5. The number of rotatable bonds is 16. The second-order valence-electron chi connectivity index (χ2n) is 21.5. The van der Waals surface area contributed by atoms with Crippen LogP contribution in [0.5, 0.6) is 0 Å². The quantitative estimate of drug-likeness (QED) is 0.0523. The van der Waals surface area contributed by atoms with Gasteiger partial charge in [0.2, 0.25) is 5.43 Å². The first-order chi connectivity index (χ1) is 34.6. The van der Waals surface area contributed by atoms with Crippen LogP contribution in [0.2, 0.25) is 0 Å². The fourth-order valence-electron chi connectivity index (χ4n) is 11.3. The van der Waals surface area contributed by atoms with E-state index in [9.17, 15) is 48.1 Å². The lowest BCUT2D eigenvalue weighted by Crippen LogP contribution is -2.59. The van der Waals surface area contributed by atoms with Crippen molar-refractivity contribution in [3.05, 3.63) is 45.7 Å². The summed E-state index contributed by atoms with van der Waals surface area (Å²) in [6, 6.07) is 4.95. The Hall–Kier alpha value is -4.30. The lowest BCUT2D eigenvalue weighted by molar-refractivity contribution is -0.308. The third-order valence-corrected chi connectivity index (χ3v) is 16.5. The normalized spacial score (nSPS) is 37.1. The number of carbonyl (C=O) groups excluding carboxylic acids is 2. The fraction of sp³-hybridized carbons (Fsp3) is 0.745. The standard InChI is InChI=1S/C51H78N4O18S/c1-13-37-51(9)45(71-49(61)72-51)39(53-63)27(3)24-50(8,62)44(70-48-41(57)36(54(10)11)22-28(4)66-48)29(5)43(30(6)47(60)68-37)69-38-21-26(2)42(31(7)67-38)73-74(64,65)20-19-52-18-14-15-32-16-17-35-33(23-32)40(56)34(46(58)59)25-55(35)12/h16-17,23,25-31,36-38,41-45,48,52,57,62-63H,13-15,18-22,24H2,1-12H3,(H,58,59)/b53-39+/t26?,27-,28-,29+,30-,31+,36+,37-,38+,41-,42-,43+,44-,45-,48+,50-,51-/m1/s1. The van der Waals surface area contributed by atoms with E-state index < -0.39 is 124 Å². The van der Waals surface area contributed by atoms with E-state index in [1.54, 1.807) is 65.3 Å². The number of pyridine rings is 1. The fourth-order valence-corrected chi connectivity index (χ4v) is 12.5. The Balaban J connectivity index is 1.17. The second-order valence-corrected chi connectivity index (χ2v) is 23.2. The van der Waals surface area contributed by atoms with Crippen molar-refractivity contribution in [2.75, 3.05) is 32.9 Å². The first-order valence-electron chi connectivity index (χ1n) is 25.6. The number of aromatic carboxylic acids is 1. The number of fused-ring (bicyclic) bond motifs is 2. The molecule has 23 heteroatoms. The number of cyclic esters (lactones) is 1. The molecular formula is C51H78N4O18S. The summed E-state index contributed by atoms with van der Waals surface area (Å²) in [5.41, 5.74) is -3.00. The van der Waals surface area contributed by atoms with Crippen LogP contribution in [0, 0.1) is 23.7 Å². The lowest BCUT2D eigenvalue weighted by atomic mass is 9.75. The molecule has 0 bridgehead atoms. The smallest absolute Gasteiger partial charge is 0.477 e. The molecule has 5 heterocycles. The summed E-state index contributed by atoms with van der Waals surface area (Å²) in [5.74, 6) is -5.70. The van der Waals surface area contributed by atoms with E-state index in [0.717, 1.165) is 5.56 Å². The first-order valence-corrected chi connectivity index (χ1v) is 27.2. The van der Waals surface area contributed by atoms with Crippen LogP contribution >= 0.6 is 0 Å². The highest BCUT2D eigenvalue weighted by atomic mass is 32.2. The van der Waals surface area contributed by atoms with Gasteiger partial charge in [-0.15, -0.1) is 0 Å². The largest absolute Gasteiger partial charge is 0.509 e. The highest BCUT2D eigenvalue weighted by molar-refractivity contribution is 7.86. The third-order valence-electron chi connectivity index (χ3n) is 15.3. The number of nitrogens with one attached hydrogen (secondary N) is 1. The molecule has 4 aliphatic heterocycles. The zero-order valence-electron chi connectivity index (χ0n) is 44.6. The monoisotopic (exact) mass is 1070 g/mol. The minimum Gasteiger partial charge on any atom is -0.477 e. The SMILES string of the molecule is CC[C@H]1OC(=O)[C@H](C)[C@@H](O[C@H]2CC(C)[C@@H](OS(=O)(=O)CCNCCCc3ccc4c(c3)c(=O)c(C(=O)O)cn4C)[C@H](C)O2)[C@H](C)[C@@H](O[C@@H]2O[C@H](C)C[C@H](N(C)C)[C@H]2O)[C@](C)(O)C[C@@H](C)/C(=N\O)[C@H]2OC(=O)O[C@@]21C. The van der Waals surface area contributed by atoms with Gasteiger partial charge in [-0.25, -0.2) is 9.59 Å². The Bertz CT molecular complexity index is 2510. The van der Waals surface area contributed by atoms with Crippen LogP contribution in [0.4, 0.5) is 4.79 Å². The lowest BCUT2D eigenvalue weighted by Gasteiger charge is -2.47. The van der Waals surface area contributed by atoms with Gasteiger partial charge in [-0.05, 0) is 111 Å². The van der Waals surface area contributed by atoms with Gasteiger partial charge in [-0.1, -0.05) is 38.9 Å². The molecular weight excluding hydrogens is 989 g/mol. The molecule has 416 valence electrons. The van der Waals surface area contributed by atoms with Gasteiger partial charge in [0.25, 0.3) is 10.1 Å². The molecule has 74 heavy (non-hydrogen) atoms. The van der Waals surface area contributed by atoms with Crippen molar-refractivity contribution in [2.45, 2.75) is 179 Å². The van der Waals surface area contributed by atoms with Crippen molar-refractivity contribution < 1.29 is 80.7 Å². The number of oxime groups is 1. The second kappa shape index (κ2) is 23.9. The van der Waals surface area contributed by atoms with Gasteiger partial charge < -0.3 is 68.5 Å². The highest BCUT2D eigenvalue weighted by Crippen LogP contribution is 2.42. The summed E-state index contributed by atoms with van der Waals surface area (Å²) in [5, 5.41) is 51.3. The van der Waals surface area contributed by atoms with Crippen LogP contribution in [0.3, 0.4) is 0 Å². The van der Waals surface area contributed by atoms with Crippen molar-refractivity contribution in [1.29, 1.82) is 0 Å². The minimum atomic E-state index is -4.08. The van der Waals surface area contributed by atoms with Crippen LogP contribution in [0.1, 0.15) is 110 Å². The van der Waals surface area contributed by atoms with Gasteiger partial charge in [0, 0.05) is 49.5 Å². The number of aliphatic hydroxyl groups excluding tert-OH is 1. The van der Waals surface area contributed by atoms with Gasteiger partial charge in [-0.3, -0.25) is 13.8 Å². The van der Waals surface area contributed by atoms with E-state index in [1.807, 2.05) is 32.0 Å². The van der Waals surface area contributed by atoms with Crippen molar-refractivity contribution in [3.8, 4) is 0 Å². The van der Waals surface area contributed by atoms with Crippen LogP contribution in [0.15, 0.2) is 34.3 Å². The number of benzene rings is 1. The molecule has 0 radical (unpaired) electrons. The summed E-state index contributed by atoms with van der Waals surface area (Å²) in [4.78, 5) is 53.6. The predicted octanol–water partition coefficient (Wildman–Crippen LogP) is 3.95. The van der Waals surface area contributed by atoms with Gasteiger partial charge in [0.15, 0.2) is 24.3 Å². The molecule has 17 atom stereocenters. The van der Waals surface area contributed by atoms with E-state index in [1.165, 1.54) is 20.0 Å². The molecule has 1 aromatic carbocycles. The van der Waals surface area contributed by atoms with Gasteiger partial charge >= 0.3 is 18.1 Å². The number of hydrogen-bond acceptors (Lipinski definition) is 20. The summed E-state index contributed by atoms with van der Waals surface area (Å²) in [7, 11) is 1.25. The van der Waals surface area contributed by atoms with Gasteiger partial charge in [0.1, 0.15) is 29.6 Å². The molecule has 0 amide bonds. The number of carboxylic acid groups (broad SMARTS) is 1. The van der Waals surface area contributed by atoms with Crippen LogP contribution < -0.4 is 10.7 Å². The Kier molecular flexibility index (Phi) is 19.1. The molecule has 2 aromatic rings. The van der Waals surface area contributed by atoms with Crippen molar-refractivity contribution >= 4 is 44.8 Å². The number of esters is 1. The molecule has 0 aliphatic carbocycles. The molecule has 5 N–H and O–H groups in total. The van der Waals surface area contributed by atoms with Crippen molar-refractivity contribution in [1.82, 2.24) is 14.8 Å². The number of nitrogens with zero attached hydrogens (tertiary/aromatic N) is 3. The van der Waals surface area contributed by atoms with Crippen LogP contribution in [-0.4, -0.2) is 174 Å². The van der Waals surface area contributed by atoms with Gasteiger partial charge in [0.05, 0.1) is 47.2 Å².